The fourth-order valence-electron chi connectivity index (χ4n) is 3.01. The van der Waals surface area contributed by atoms with Crippen molar-refractivity contribution in [1.82, 2.24) is 0 Å². The third-order valence-corrected chi connectivity index (χ3v) is 4.45. The Hall–Kier alpha value is -3.48. The minimum Gasteiger partial charge on any atom is -0.486 e. The Morgan fingerprint density at radius 1 is 1.07 bits per heavy atom. The van der Waals surface area contributed by atoms with E-state index in [1.165, 1.54) is 13.4 Å². The zero-order valence-electron chi connectivity index (χ0n) is 15.4. The van der Waals surface area contributed by atoms with Crippen LogP contribution >= 0.6 is 0 Å². The molecule has 144 valence electrons. The third-order valence-electron chi connectivity index (χ3n) is 4.45. The summed E-state index contributed by atoms with van der Waals surface area (Å²) in [6.07, 6.45) is 0.634. The van der Waals surface area contributed by atoms with Gasteiger partial charge in [0.1, 0.15) is 30.8 Å². The van der Waals surface area contributed by atoms with Gasteiger partial charge in [-0.05, 0) is 36.8 Å². The van der Waals surface area contributed by atoms with Gasteiger partial charge in [0, 0.05) is 6.07 Å². The van der Waals surface area contributed by atoms with E-state index >= 15 is 0 Å². The number of carbonyl (C=O) groups excluding carboxylic acids is 1. The molecule has 7 heteroatoms. The number of hydrogen-bond donors (Lipinski definition) is 0. The second-order valence-corrected chi connectivity index (χ2v) is 6.28. The van der Waals surface area contributed by atoms with E-state index in [-0.39, 0.29) is 5.43 Å². The smallest absolute Gasteiger partial charge is 0.346 e. The Balaban J connectivity index is 1.69. The number of methoxy groups -OCH3 is 1. The summed E-state index contributed by atoms with van der Waals surface area (Å²) in [7, 11) is 1.29. The molecule has 0 N–H and O–H groups in total. The van der Waals surface area contributed by atoms with Crippen molar-refractivity contribution in [3.8, 4) is 28.4 Å². The maximum Gasteiger partial charge on any atom is 0.346 e. The summed E-state index contributed by atoms with van der Waals surface area (Å²) in [6, 6.07) is 10.1. The van der Waals surface area contributed by atoms with Crippen LogP contribution in [0.15, 0.2) is 51.9 Å². The van der Waals surface area contributed by atoms with Crippen molar-refractivity contribution in [1.29, 1.82) is 0 Å². The molecule has 2 aromatic carbocycles. The van der Waals surface area contributed by atoms with Gasteiger partial charge < -0.3 is 23.4 Å². The quantitative estimate of drug-likeness (QED) is 0.641. The molecule has 0 fully saturated rings. The molecule has 4 rings (SSSR count). The minimum absolute atomic E-state index is 0.175. The molecule has 0 saturated heterocycles. The average molecular weight is 382 g/mol. The monoisotopic (exact) mass is 382 g/mol. The average Bonchev–Trinajstić information content (AvgIpc) is 2.73. The maximum absolute atomic E-state index is 12.9. The molecule has 0 spiro atoms. The van der Waals surface area contributed by atoms with E-state index in [0.29, 0.717) is 52.6 Å². The zero-order chi connectivity index (χ0) is 19.7. The van der Waals surface area contributed by atoms with Crippen LogP contribution in [0.1, 0.15) is 6.92 Å². The van der Waals surface area contributed by atoms with E-state index in [9.17, 15) is 9.59 Å². The number of benzene rings is 2. The van der Waals surface area contributed by atoms with E-state index in [2.05, 4.69) is 4.74 Å². The first kappa shape index (κ1) is 17.9. The lowest BCUT2D eigenvalue weighted by atomic mass is 10.0. The predicted molar refractivity (Wildman–Crippen MR) is 101 cm³/mol. The van der Waals surface area contributed by atoms with Gasteiger partial charge in [-0.15, -0.1) is 0 Å². The van der Waals surface area contributed by atoms with Gasteiger partial charge in [0.2, 0.25) is 0 Å². The second kappa shape index (κ2) is 7.26. The standard InChI is InChI=1S/C21H18O7/c1-12(21(23)24-2)28-14-4-5-15-18(10-14)27-11-16(20(15)22)13-3-6-17-19(9-13)26-8-7-25-17/h3-6,9-12H,7-8H2,1-2H3/t12-/m0/s1. The number of fused-ring (bicyclic) bond motifs is 2. The van der Waals surface area contributed by atoms with Crippen LogP contribution in [-0.2, 0) is 9.53 Å². The van der Waals surface area contributed by atoms with E-state index in [1.807, 2.05) is 0 Å². The molecule has 0 saturated carbocycles. The van der Waals surface area contributed by atoms with E-state index in [4.69, 9.17) is 18.6 Å². The lowest BCUT2D eigenvalue weighted by Gasteiger charge is -2.18. The largest absolute Gasteiger partial charge is 0.486 e. The molecule has 1 aromatic heterocycles. The van der Waals surface area contributed by atoms with E-state index in [1.54, 1.807) is 43.3 Å². The summed E-state index contributed by atoms with van der Waals surface area (Å²) in [5, 5.41) is 0.408. The van der Waals surface area contributed by atoms with Gasteiger partial charge in [-0.25, -0.2) is 4.79 Å². The van der Waals surface area contributed by atoms with Crippen molar-refractivity contribution >= 4 is 16.9 Å². The van der Waals surface area contributed by atoms with Crippen LogP contribution in [0, 0.1) is 0 Å². The summed E-state index contributed by atoms with van der Waals surface area (Å²) < 4.78 is 26.9. The highest BCUT2D eigenvalue weighted by Gasteiger charge is 2.17. The van der Waals surface area contributed by atoms with E-state index in [0.717, 1.165) is 0 Å². The van der Waals surface area contributed by atoms with Crippen molar-refractivity contribution in [3.05, 3.63) is 52.9 Å². The van der Waals surface area contributed by atoms with Gasteiger partial charge in [-0.1, -0.05) is 6.07 Å². The van der Waals surface area contributed by atoms with Gasteiger partial charge in [0.25, 0.3) is 0 Å². The molecule has 0 bridgehead atoms. The van der Waals surface area contributed by atoms with Gasteiger partial charge in [-0.2, -0.15) is 0 Å². The molecule has 0 unspecified atom stereocenters. The van der Waals surface area contributed by atoms with Gasteiger partial charge in [0.05, 0.1) is 18.1 Å². The molecule has 2 heterocycles. The first-order valence-electron chi connectivity index (χ1n) is 8.77. The molecule has 0 amide bonds. The first-order chi connectivity index (χ1) is 13.6. The third kappa shape index (κ3) is 3.26. The molecule has 1 aliphatic rings. The predicted octanol–water partition coefficient (Wildman–Crippen LogP) is 3.17. The number of esters is 1. The second-order valence-electron chi connectivity index (χ2n) is 6.28. The van der Waals surface area contributed by atoms with Crippen molar-refractivity contribution in [2.24, 2.45) is 0 Å². The summed E-state index contributed by atoms with van der Waals surface area (Å²) in [6.45, 7) is 2.55. The molecule has 28 heavy (non-hydrogen) atoms. The molecular weight excluding hydrogens is 364 g/mol. The van der Waals surface area contributed by atoms with E-state index < -0.39 is 12.1 Å². The van der Waals surface area contributed by atoms with Gasteiger partial charge >= 0.3 is 5.97 Å². The molecule has 1 aliphatic heterocycles. The van der Waals surface area contributed by atoms with Crippen molar-refractivity contribution in [2.45, 2.75) is 13.0 Å². The highest BCUT2D eigenvalue weighted by molar-refractivity contribution is 5.83. The molecule has 3 aromatic rings. The van der Waals surface area contributed by atoms with Crippen molar-refractivity contribution < 1.29 is 28.2 Å². The maximum atomic E-state index is 12.9. The first-order valence-corrected chi connectivity index (χ1v) is 8.77. The van der Waals surface area contributed by atoms with Crippen molar-refractivity contribution in [3.63, 3.8) is 0 Å². The number of ether oxygens (including phenoxy) is 4. The van der Waals surface area contributed by atoms with Crippen LogP contribution in [0.2, 0.25) is 0 Å². The number of carbonyl (C=O) groups is 1. The van der Waals surface area contributed by atoms with Crippen molar-refractivity contribution in [2.75, 3.05) is 20.3 Å². The van der Waals surface area contributed by atoms with Gasteiger partial charge in [-0.3, -0.25) is 4.79 Å². The molecule has 7 nitrogen and oxygen atoms in total. The Kier molecular flexibility index (Phi) is 4.65. The van der Waals surface area contributed by atoms with Crippen LogP contribution < -0.4 is 19.6 Å². The summed E-state index contributed by atoms with van der Waals surface area (Å²) >= 11 is 0. The number of rotatable bonds is 4. The normalized spacial score (nSPS) is 13.8. The Bertz CT molecular complexity index is 1100. The molecule has 0 aliphatic carbocycles. The van der Waals surface area contributed by atoms with Crippen LogP contribution in [-0.4, -0.2) is 32.4 Å². The van der Waals surface area contributed by atoms with Crippen LogP contribution in [0.5, 0.6) is 17.2 Å². The Labute approximate surface area is 160 Å². The summed E-state index contributed by atoms with van der Waals surface area (Å²) in [4.78, 5) is 24.4. The Morgan fingerprint density at radius 3 is 2.64 bits per heavy atom. The number of hydrogen-bond acceptors (Lipinski definition) is 7. The lowest BCUT2D eigenvalue weighted by molar-refractivity contribution is -0.147. The molecule has 1 atom stereocenters. The SMILES string of the molecule is COC(=O)[C@H](C)Oc1ccc2c(=O)c(-c3ccc4c(c3)OCCO4)coc2c1. The Morgan fingerprint density at radius 2 is 1.86 bits per heavy atom. The fraction of sp³-hybridized carbons (Fsp3) is 0.238. The summed E-state index contributed by atoms with van der Waals surface area (Å²) in [5.41, 5.74) is 1.28. The molecule has 0 radical (unpaired) electrons. The lowest BCUT2D eigenvalue weighted by Crippen LogP contribution is -2.24. The molecular formula is C21H18O7. The highest BCUT2D eigenvalue weighted by Crippen LogP contribution is 2.34. The van der Waals surface area contributed by atoms with Crippen LogP contribution in [0.25, 0.3) is 22.1 Å². The van der Waals surface area contributed by atoms with Gasteiger partial charge in [0.15, 0.2) is 23.0 Å². The van der Waals surface area contributed by atoms with Crippen LogP contribution in [0.3, 0.4) is 0 Å². The zero-order valence-corrected chi connectivity index (χ0v) is 15.4. The van der Waals surface area contributed by atoms with Crippen LogP contribution in [0.4, 0.5) is 0 Å². The topological polar surface area (TPSA) is 84.2 Å². The highest BCUT2D eigenvalue weighted by atomic mass is 16.6. The fourth-order valence-corrected chi connectivity index (χ4v) is 3.01. The minimum atomic E-state index is -0.772. The summed E-state index contributed by atoms with van der Waals surface area (Å²) in [5.74, 6) is 1.17.